The Kier molecular flexibility index (Phi) is 2.50. The third-order valence-electron chi connectivity index (χ3n) is 3.38. The summed E-state index contributed by atoms with van der Waals surface area (Å²) in [5.41, 5.74) is 0.356. The van der Waals surface area contributed by atoms with Crippen LogP contribution in [0.3, 0.4) is 0 Å². The molecule has 2 N–H and O–H groups in total. The second-order valence-corrected chi connectivity index (χ2v) is 5.01. The molecule has 12 heavy (non-hydrogen) atoms. The molecule has 2 heteroatoms. The van der Waals surface area contributed by atoms with Gasteiger partial charge in [0, 0.05) is 5.54 Å². The Hall–Kier alpha value is -0.0800. The van der Waals surface area contributed by atoms with E-state index in [0.29, 0.717) is 11.3 Å². The van der Waals surface area contributed by atoms with Gasteiger partial charge in [-0.25, -0.2) is 0 Å². The molecular weight excluding hydrogens is 150 g/mol. The van der Waals surface area contributed by atoms with Crippen LogP contribution in [0.1, 0.15) is 33.6 Å². The Morgan fingerprint density at radius 1 is 1.50 bits per heavy atom. The summed E-state index contributed by atoms with van der Waals surface area (Å²) in [5.74, 6) is 0.572. The van der Waals surface area contributed by atoms with Gasteiger partial charge < -0.3 is 10.4 Å². The zero-order valence-electron chi connectivity index (χ0n) is 8.65. The monoisotopic (exact) mass is 171 g/mol. The predicted molar refractivity (Wildman–Crippen MR) is 51.1 cm³/mol. The molecule has 2 atom stereocenters. The lowest BCUT2D eigenvalue weighted by molar-refractivity contribution is 0.133. The normalized spacial score (nSPS) is 40.2. The molecule has 0 aromatic heterocycles. The van der Waals surface area contributed by atoms with Crippen molar-refractivity contribution < 1.29 is 5.11 Å². The lowest BCUT2D eigenvalue weighted by Crippen LogP contribution is -2.49. The minimum Gasteiger partial charge on any atom is -0.394 e. The number of hydrogen-bond donors (Lipinski definition) is 2. The highest BCUT2D eigenvalue weighted by atomic mass is 16.3. The third kappa shape index (κ3) is 1.50. The Balaban J connectivity index is 2.79. The van der Waals surface area contributed by atoms with Crippen molar-refractivity contribution in [1.82, 2.24) is 5.32 Å². The second kappa shape index (κ2) is 3.00. The van der Waals surface area contributed by atoms with E-state index in [0.717, 1.165) is 6.42 Å². The zero-order chi connectivity index (χ0) is 9.41. The maximum Gasteiger partial charge on any atom is 0.0616 e. The molecule has 0 bridgehead atoms. The van der Waals surface area contributed by atoms with Gasteiger partial charge in [-0.2, -0.15) is 0 Å². The Labute approximate surface area is 75.4 Å². The van der Waals surface area contributed by atoms with E-state index in [-0.39, 0.29) is 12.1 Å². The molecule has 1 saturated carbocycles. The molecule has 0 aromatic rings. The largest absolute Gasteiger partial charge is 0.394 e. The number of aliphatic hydroxyl groups is 1. The first kappa shape index (κ1) is 10.0. The molecule has 0 aromatic carbocycles. The summed E-state index contributed by atoms with van der Waals surface area (Å²) >= 11 is 0. The van der Waals surface area contributed by atoms with Crippen LogP contribution in [0.25, 0.3) is 0 Å². The van der Waals surface area contributed by atoms with Crippen molar-refractivity contribution in [3.8, 4) is 0 Å². The molecule has 1 rings (SSSR count). The van der Waals surface area contributed by atoms with Crippen LogP contribution in [0.4, 0.5) is 0 Å². The first-order chi connectivity index (χ1) is 5.46. The topological polar surface area (TPSA) is 32.3 Å². The van der Waals surface area contributed by atoms with Gasteiger partial charge in [-0.1, -0.05) is 20.8 Å². The Morgan fingerprint density at radius 2 is 2.08 bits per heavy atom. The highest BCUT2D eigenvalue weighted by Crippen LogP contribution is 2.46. The lowest BCUT2D eigenvalue weighted by Gasteiger charge is -2.32. The molecule has 0 saturated heterocycles. The highest BCUT2D eigenvalue weighted by molar-refractivity contribution is 5.02. The van der Waals surface area contributed by atoms with Crippen molar-refractivity contribution in [2.75, 3.05) is 13.7 Å². The molecule has 0 radical (unpaired) electrons. The molecule has 1 fully saturated rings. The number of likely N-dealkylation sites (N-methyl/N-ethyl adjacent to an activating group) is 1. The van der Waals surface area contributed by atoms with Crippen molar-refractivity contribution >= 4 is 0 Å². The molecule has 2 unspecified atom stereocenters. The second-order valence-electron chi connectivity index (χ2n) is 5.01. The predicted octanol–water partition coefficient (Wildman–Crippen LogP) is 1.39. The number of nitrogens with one attached hydrogen (secondary N) is 1. The van der Waals surface area contributed by atoms with Crippen LogP contribution in [0.15, 0.2) is 0 Å². The minimum atomic E-state index is -0.0243. The van der Waals surface area contributed by atoms with Gasteiger partial charge in [-0.15, -0.1) is 0 Å². The van der Waals surface area contributed by atoms with Gasteiger partial charge in [0.05, 0.1) is 6.61 Å². The van der Waals surface area contributed by atoms with Crippen LogP contribution < -0.4 is 5.32 Å². The average molecular weight is 171 g/mol. The van der Waals surface area contributed by atoms with E-state index in [9.17, 15) is 5.11 Å². The van der Waals surface area contributed by atoms with Gasteiger partial charge in [0.1, 0.15) is 0 Å². The summed E-state index contributed by atoms with van der Waals surface area (Å²) in [6.45, 7) is 7.03. The van der Waals surface area contributed by atoms with Crippen LogP contribution in [0, 0.1) is 11.3 Å². The van der Waals surface area contributed by atoms with Crippen LogP contribution in [0.5, 0.6) is 0 Å². The van der Waals surface area contributed by atoms with E-state index < -0.39 is 0 Å². The summed E-state index contributed by atoms with van der Waals surface area (Å²) in [7, 11) is 1.95. The zero-order valence-corrected chi connectivity index (χ0v) is 8.65. The molecule has 2 nitrogen and oxygen atoms in total. The maximum absolute atomic E-state index is 9.36. The molecule has 72 valence electrons. The number of hydrogen-bond acceptors (Lipinski definition) is 2. The van der Waals surface area contributed by atoms with E-state index >= 15 is 0 Å². The van der Waals surface area contributed by atoms with Crippen LogP contribution in [0.2, 0.25) is 0 Å². The van der Waals surface area contributed by atoms with E-state index in [2.05, 4.69) is 26.1 Å². The van der Waals surface area contributed by atoms with Crippen LogP contribution in [-0.4, -0.2) is 24.3 Å². The molecule has 0 amide bonds. The first-order valence-corrected chi connectivity index (χ1v) is 4.75. The molecule has 1 aliphatic carbocycles. The van der Waals surface area contributed by atoms with E-state index in [4.69, 9.17) is 0 Å². The maximum atomic E-state index is 9.36. The molecule has 1 aliphatic rings. The standard InChI is InChI=1S/C10H21NO/c1-8-5-9(2,3)6-10(8,7-12)11-4/h8,11-12H,5-7H2,1-4H3. The number of aliphatic hydroxyl groups excluding tert-OH is 1. The smallest absolute Gasteiger partial charge is 0.0616 e. The summed E-state index contributed by atoms with van der Waals surface area (Å²) in [6, 6.07) is 0. The van der Waals surface area contributed by atoms with E-state index in [1.54, 1.807) is 0 Å². The first-order valence-electron chi connectivity index (χ1n) is 4.75. The molecular formula is C10H21NO. The van der Waals surface area contributed by atoms with E-state index in [1.807, 2.05) is 7.05 Å². The fourth-order valence-electron chi connectivity index (χ4n) is 2.75. The summed E-state index contributed by atoms with van der Waals surface area (Å²) in [5, 5.41) is 12.6. The summed E-state index contributed by atoms with van der Waals surface area (Å²) in [6.07, 6.45) is 2.28. The highest BCUT2D eigenvalue weighted by Gasteiger charge is 2.47. The van der Waals surface area contributed by atoms with Crippen molar-refractivity contribution in [3.05, 3.63) is 0 Å². The molecule has 0 spiro atoms. The SMILES string of the molecule is CNC1(CO)CC(C)(C)CC1C. The Bertz CT molecular complexity index is 161. The van der Waals surface area contributed by atoms with Crippen molar-refractivity contribution in [2.24, 2.45) is 11.3 Å². The van der Waals surface area contributed by atoms with Gasteiger partial charge in [0.25, 0.3) is 0 Å². The van der Waals surface area contributed by atoms with Crippen molar-refractivity contribution in [1.29, 1.82) is 0 Å². The third-order valence-corrected chi connectivity index (χ3v) is 3.38. The summed E-state index contributed by atoms with van der Waals surface area (Å²) in [4.78, 5) is 0. The van der Waals surface area contributed by atoms with Gasteiger partial charge in [-0.05, 0) is 31.2 Å². The average Bonchev–Trinajstić information content (AvgIpc) is 2.21. The molecule has 0 aliphatic heterocycles. The fraction of sp³-hybridized carbons (Fsp3) is 1.00. The summed E-state index contributed by atoms with van der Waals surface area (Å²) < 4.78 is 0. The van der Waals surface area contributed by atoms with Gasteiger partial charge in [0.2, 0.25) is 0 Å². The number of rotatable bonds is 2. The van der Waals surface area contributed by atoms with E-state index in [1.165, 1.54) is 6.42 Å². The van der Waals surface area contributed by atoms with Gasteiger partial charge in [-0.3, -0.25) is 0 Å². The minimum absolute atomic E-state index is 0.0243. The van der Waals surface area contributed by atoms with Crippen LogP contribution >= 0.6 is 0 Å². The Morgan fingerprint density at radius 3 is 2.25 bits per heavy atom. The van der Waals surface area contributed by atoms with Crippen molar-refractivity contribution in [2.45, 2.75) is 39.2 Å². The lowest BCUT2D eigenvalue weighted by atomic mass is 9.87. The van der Waals surface area contributed by atoms with Crippen molar-refractivity contribution in [3.63, 3.8) is 0 Å². The van der Waals surface area contributed by atoms with Gasteiger partial charge in [0.15, 0.2) is 0 Å². The molecule has 0 heterocycles. The van der Waals surface area contributed by atoms with Gasteiger partial charge >= 0.3 is 0 Å². The van der Waals surface area contributed by atoms with Crippen LogP contribution in [-0.2, 0) is 0 Å². The quantitative estimate of drug-likeness (QED) is 0.658. The fourth-order valence-corrected chi connectivity index (χ4v) is 2.75.